The summed E-state index contributed by atoms with van der Waals surface area (Å²) in [6, 6.07) is 3.63. The SMILES string of the molecule is COc1ccc(-c2nc(NC(=O)c3cnc(N4CCC(C(=O)O)CC4)cn3)sc2CN2CCC(F)C2)cc1C(F)(F)F. The van der Waals surface area contributed by atoms with Gasteiger partial charge in [-0.15, -0.1) is 0 Å². The smallest absolute Gasteiger partial charge is 0.419 e. The summed E-state index contributed by atoms with van der Waals surface area (Å²) in [5, 5.41) is 12.0. The maximum absolute atomic E-state index is 13.8. The Kier molecular flexibility index (Phi) is 8.59. The number of carboxylic acid groups (broad SMARTS) is 1. The van der Waals surface area contributed by atoms with Gasteiger partial charge in [0.25, 0.3) is 5.91 Å². The van der Waals surface area contributed by atoms with Crippen LogP contribution in [-0.4, -0.2) is 76.3 Å². The molecule has 2 aromatic heterocycles. The summed E-state index contributed by atoms with van der Waals surface area (Å²) < 4.78 is 59.9. The van der Waals surface area contributed by atoms with Crippen LogP contribution < -0.4 is 15.0 Å². The first kappa shape index (κ1) is 29.6. The third-order valence-corrected chi connectivity index (χ3v) is 8.27. The number of benzene rings is 1. The number of thiazole rings is 1. The highest BCUT2D eigenvalue weighted by molar-refractivity contribution is 7.16. The number of hydrogen-bond acceptors (Lipinski definition) is 9. The molecule has 42 heavy (non-hydrogen) atoms. The molecular formula is C27H28F4N6O4S. The highest BCUT2D eigenvalue weighted by atomic mass is 32.1. The maximum Gasteiger partial charge on any atom is 0.419 e. The number of aromatic nitrogens is 3. The molecule has 2 N–H and O–H groups in total. The van der Waals surface area contributed by atoms with Crippen LogP contribution in [0.3, 0.4) is 0 Å². The summed E-state index contributed by atoms with van der Waals surface area (Å²) in [6.07, 6.45) is -1.58. The summed E-state index contributed by atoms with van der Waals surface area (Å²) in [7, 11) is 1.16. The lowest BCUT2D eigenvalue weighted by Crippen LogP contribution is -2.36. The number of ether oxygens (including phenoxy) is 1. The number of methoxy groups -OCH3 is 1. The molecule has 0 aliphatic carbocycles. The Hall–Kier alpha value is -3.85. The van der Waals surface area contributed by atoms with Crippen LogP contribution in [-0.2, 0) is 17.5 Å². The standard InChI is InChI=1S/C27H28F4N6O4S/c1-41-20-3-2-16(10-18(20)27(29,30)31)23-21(14-36-7-6-17(28)13-36)42-26(34-23)35-24(38)19-11-33-22(12-32-19)37-8-4-15(5-9-37)25(39)40/h2-3,10-12,15,17H,4-9,13-14H2,1H3,(H,39,40)(H,34,35,38). The predicted octanol–water partition coefficient (Wildman–Crippen LogP) is 4.72. The molecule has 4 heterocycles. The van der Waals surface area contributed by atoms with Gasteiger partial charge >= 0.3 is 12.1 Å². The predicted molar refractivity (Wildman–Crippen MR) is 146 cm³/mol. The second kappa shape index (κ2) is 12.2. The van der Waals surface area contributed by atoms with Crippen molar-refractivity contribution >= 4 is 34.2 Å². The molecule has 1 amide bonds. The van der Waals surface area contributed by atoms with Gasteiger partial charge in [-0.3, -0.25) is 19.8 Å². The molecule has 1 aromatic carbocycles. The minimum atomic E-state index is -4.66. The normalized spacial score (nSPS) is 18.3. The molecule has 2 aliphatic heterocycles. The minimum Gasteiger partial charge on any atom is -0.496 e. The molecule has 2 aliphatic rings. The molecule has 5 rings (SSSR count). The van der Waals surface area contributed by atoms with E-state index in [1.54, 1.807) is 0 Å². The fraction of sp³-hybridized carbons (Fsp3) is 0.444. The number of amides is 1. The molecule has 1 atom stereocenters. The number of halogens is 4. The van der Waals surface area contributed by atoms with Crippen LogP contribution in [0.25, 0.3) is 11.3 Å². The number of carbonyl (C=O) groups is 2. The molecule has 15 heteroatoms. The highest BCUT2D eigenvalue weighted by Gasteiger charge is 2.35. The number of carbonyl (C=O) groups excluding carboxylic acids is 1. The first-order valence-corrected chi connectivity index (χ1v) is 14.1. The number of likely N-dealkylation sites (tertiary alicyclic amines) is 1. The largest absolute Gasteiger partial charge is 0.496 e. The van der Waals surface area contributed by atoms with Crippen LogP contribution in [0.1, 0.15) is 40.2 Å². The molecule has 0 bridgehead atoms. The van der Waals surface area contributed by atoms with E-state index >= 15 is 0 Å². The monoisotopic (exact) mass is 608 g/mol. The zero-order chi connectivity index (χ0) is 30.0. The van der Waals surface area contributed by atoms with Crippen molar-refractivity contribution in [2.24, 2.45) is 5.92 Å². The van der Waals surface area contributed by atoms with Crippen molar-refractivity contribution in [3.8, 4) is 17.0 Å². The van der Waals surface area contributed by atoms with E-state index in [4.69, 9.17) is 4.74 Å². The van der Waals surface area contributed by atoms with Gasteiger partial charge in [0.2, 0.25) is 0 Å². The summed E-state index contributed by atoms with van der Waals surface area (Å²) >= 11 is 1.09. The Morgan fingerprint density at radius 1 is 1.14 bits per heavy atom. The van der Waals surface area contributed by atoms with Gasteiger partial charge in [0.15, 0.2) is 5.13 Å². The Morgan fingerprint density at radius 2 is 1.90 bits per heavy atom. The van der Waals surface area contributed by atoms with E-state index < -0.39 is 35.7 Å². The molecule has 2 fully saturated rings. The number of carboxylic acids is 1. The number of alkyl halides is 4. The summed E-state index contributed by atoms with van der Waals surface area (Å²) in [5.41, 5.74) is -0.528. The van der Waals surface area contributed by atoms with Crippen LogP contribution in [0.15, 0.2) is 30.6 Å². The molecule has 0 saturated carbocycles. The minimum absolute atomic E-state index is 0.00101. The number of anilines is 2. The van der Waals surface area contributed by atoms with Crippen molar-refractivity contribution in [3.05, 3.63) is 46.7 Å². The molecule has 224 valence electrons. The number of aliphatic carboxylic acids is 1. The Bertz CT molecular complexity index is 1440. The van der Waals surface area contributed by atoms with Crippen molar-refractivity contribution in [1.82, 2.24) is 19.9 Å². The fourth-order valence-corrected chi connectivity index (χ4v) is 6.09. The summed E-state index contributed by atoms with van der Waals surface area (Å²) in [6.45, 7) is 1.95. The van der Waals surface area contributed by atoms with Crippen molar-refractivity contribution in [2.45, 2.75) is 38.2 Å². The molecular weight excluding hydrogens is 580 g/mol. The van der Waals surface area contributed by atoms with E-state index in [1.807, 2.05) is 9.80 Å². The first-order chi connectivity index (χ1) is 20.0. The third kappa shape index (κ3) is 6.62. The van der Waals surface area contributed by atoms with Gasteiger partial charge in [0, 0.05) is 43.2 Å². The van der Waals surface area contributed by atoms with Gasteiger partial charge in [0.05, 0.1) is 36.7 Å². The Balaban J connectivity index is 1.36. The van der Waals surface area contributed by atoms with Gasteiger partial charge in [-0.1, -0.05) is 11.3 Å². The quantitative estimate of drug-likeness (QED) is 0.350. The van der Waals surface area contributed by atoms with Gasteiger partial charge in [-0.2, -0.15) is 13.2 Å². The van der Waals surface area contributed by atoms with E-state index in [0.29, 0.717) is 49.6 Å². The van der Waals surface area contributed by atoms with Crippen molar-refractivity contribution in [1.29, 1.82) is 0 Å². The molecule has 10 nitrogen and oxygen atoms in total. The van der Waals surface area contributed by atoms with Crippen molar-refractivity contribution in [3.63, 3.8) is 0 Å². The maximum atomic E-state index is 13.8. The molecule has 3 aromatic rings. The number of piperidine rings is 1. The zero-order valence-corrected chi connectivity index (χ0v) is 23.3. The van der Waals surface area contributed by atoms with Gasteiger partial charge in [0.1, 0.15) is 23.4 Å². The van der Waals surface area contributed by atoms with E-state index in [9.17, 15) is 32.3 Å². The summed E-state index contributed by atoms with van der Waals surface area (Å²) in [5.74, 6) is -1.63. The van der Waals surface area contributed by atoms with Crippen molar-refractivity contribution in [2.75, 3.05) is 43.5 Å². The van der Waals surface area contributed by atoms with Crippen LogP contribution >= 0.6 is 11.3 Å². The average molecular weight is 609 g/mol. The van der Waals surface area contributed by atoms with Gasteiger partial charge in [-0.05, 0) is 37.5 Å². The lowest BCUT2D eigenvalue weighted by atomic mass is 9.97. The molecule has 2 saturated heterocycles. The summed E-state index contributed by atoms with van der Waals surface area (Å²) in [4.78, 5) is 41.5. The Morgan fingerprint density at radius 3 is 2.50 bits per heavy atom. The number of nitrogens with zero attached hydrogens (tertiary/aromatic N) is 5. The number of rotatable bonds is 8. The van der Waals surface area contributed by atoms with Crippen LogP contribution in [0.2, 0.25) is 0 Å². The van der Waals surface area contributed by atoms with E-state index in [0.717, 1.165) is 24.5 Å². The average Bonchev–Trinajstić information content (AvgIpc) is 3.57. The number of nitrogens with one attached hydrogen (secondary N) is 1. The third-order valence-electron chi connectivity index (χ3n) is 7.32. The molecule has 0 radical (unpaired) electrons. The highest BCUT2D eigenvalue weighted by Crippen LogP contribution is 2.41. The van der Waals surface area contributed by atoms with Crippen LogP contribution in [0.4, 0.5) is 28.5 Å². The zero-order valence-electron chi connectivity index (χ0n) is 22.5. The number of hydrogen-bond donors (Lipinski definition) is 2. The van der Waals surface area contributed by atoms with E-state index in [2.05, 4.69) is 20.3 Å². The van der Waals surface area contributed by atoms with Crippen LogP contribution in [0.5, 0.6) is 5.75 Å². The molecule has 1 unspecified atom stereocenters. The van der Waals surface area contributed by atoms with E-state index in [1.165, 1.54) is 24.5 Å². The lowest BCUT2D eigenvalue weighted by Gasteiger charge is -2.30. The topological polar surface area (TPSA) is 121 Å². The molecule has 0 spiro atoms. The lowest BCUT2D eigenvalue weighted by molar-refractivity contribution is -0.142. The van der Waals surface area contributed by atoms with Crippen LogP contribution in [0, 0.1) is 5.92 Å². The fourth-order valence-electron chi connectivity index (χ4n) is 5.07. The van der Waals surface area contributed by atoms with Gasteiger partial charge < -0.3 is 14.7 Å². The first-order valence-electron chi connectivity index (χ1n) is 13.2. The van der Waals surface area contributed by atoms with Gasteiger partial charge in [-0.25, -0.2) is 19.3 Å². The Labute approximate surface area is 242 Å². The van der Waals surface area contributed by atoms with E-state index in [-0.39, 0.29) is 40.9 Å². The second-order valence-corrected chi connectivity index (χ2v) is 11.2. The second-order valence-electron chi connectivity index (χ2n) is 10.1. The van der Waals surface area contributed by atoms with Crippen molar-refractivity contribution < 1.29 is 37.0 Å².